The van der Waals surface area contributed by atoms with Gasteiger partial charge in [0.2, 0.25) is 5.91 Å². The van der Waals surface area contributed by atoms with E-state index in [1.807, 2.05) is 11.8 Å². The van der Waals surface area contributed by atoms with Crippen LogP contribution < -0.4 is 0 Å². The number of piperidine rings is 1. The maximum atomic E-state index is 13.7. The molecule has 0 spiro atoms. The van der Waals surface area contributed by atoms with E-state index < -0.39 is 5.97 Å². The van der Waals surface area contributed by atoms with Crippen LogP contribution in [0, 0.1) is 6.92 Å². The van der Waals surface area contributed by atoms with Crippen molar-refractivity contribution >= 4 is 11.9 Å². The summed E-state index contributed by atoms with van der Waals surface area (Å²) >= 11 is 0. The van der Waals surface area contributed by atoms with Crippen LogP contribution in [0.5, 0.6) is 0 Å². The number of carbonyl (C=O) groups is 2. The molecule has 1 amide bonds. The van der Waals surface area contributed by atoms with Crippen LogP contribution in [0.2, 0.25) is 0 Å². The molecule has 2 fully saturated rings. The number of aryl methyl sites for hydroxylation is 1. The zero-order valence-electron chi connectivity index (χ0n) is 17.3. The van der Waals surface area contributed by atoms with Gasteiger partial charge in [-0.3, -0.25) is 14.5 Å². The molecule has 1 aromatic carbocycles. The highest BCUT2D eigenvalue weighted by Crippen LogP contribution is 2.42. The normalized spacial score (nSPS) is 20.3. The number of nitrogens with zero attached hydrogens (tertiary/aromatic N) is 2. The molecule has 0 bridgehead atoms. The van der Waals surface area contributed by atoms with Crippen LogP contribution >= 0.6 is 0 Å². The van der Waals surface area contributed by atoms with Crippen LogP contribution in [-0.4, -0.2) is 59.0 Å². The van der Waals surface area contributed by atoms with Crippen LogP contribution in [-0.2, 0) is 15.0 Å². The minimum absolute atomic E-state index is 0.0857. The lowest BCUT2D eigenvalue weighted by molar-refractivity contribution is -0.142. The van der Waals surface area contributed by atoms with E-state index in [9.17, 15) is 9.59 Å². The minimum Gasteiger partial charge on any atom is -0.480 e. The van der Waals surface area contributed by atoms with Crippen LogP contribution in [0.1, 0.15) is 63.0 Å². The van der Waals surface area contributed by atoms with Gasteiger partial charge < -0.3 is 10.0 Å². The van der Waals surface area contributed by atoms with Gasteiger partial charge in [-0.05, 0) is 44.7 Å². The highest BCUT2D eigenvalue weighted by atomic mass is 16.4. The van der Waals surface area contributed by atoms with Gasteiger partial charge in [-0.15, -0.1) is 0 Å². The van der Waals surface area contributed by atoms with Crippen molar-refractivity contribution in [3.05, 3.63) is 35.4 Å². The zero-order valence-corrected chi connectivity index (χ0v) is 17.3. The monoisotopic (exact) mass is 386 g/mol. The van der Waals surface area contributed by atoms with Gasteiger partial charge in [-0.25, -0.2) is 0 Å². The first-order valence-corrected chi connectivity index (χ1v) is 10.8. The Morgan fingerprint density at radius 3 is 2.43 bits per heavy atom. The molecule has 5 heteroatoms. The van der Waals surface area contributed by atoms with Crippen molar-refractivity contribution < 1.29 is 14.7 Å². The zero-order chi connectivity index (χ0) is 20.1. The maximum Gasteiger partial charge on any atom is 0.317 e. The fourth-order valence-corrected chi connectivity index (χ4v) is 5.13. The summed E-state index contributed by atoms with van der Waals surface area (Å²) in [5, 5.41) is 9.13. The molecule has 1 aliphatic carbocycles. The van der Waals surface area contributed by atoms with Crippen LogP contribution in [0.4, 0.5) is 0 Å². The molecule has 1 N–H and O–H groups in total. The van der Waals surface area contributed by atoms with E-state index >= 15 is 0 Å². The lowest BCUT2D eigenvalue weighted by Crippen LogP contribution is -2.53. The van der Waals surface area contributed by atoms with Gasteiger partial charge >= 0.3 is 5.97 Å². The summed E-state index contributed by atoms with van der Waals surface area (Å²) in [6.07, 6.45) is 7.03. The summed E-state index contributed by atoms with van der Waals surface area (Å²) in [5.74, 6) is -0.488. The number of hydrogen-bond donors (Lipinski definition) is 1. The van der Waals surface area contributed by atoms with E-state index in [-0.39, 0.29) is 23.9 Å². The Kier molecular flexibility index (Phi) is 6.76. The van der Waals surface area contributed by atoms with E-state index in [0.717, 1.165) is 58.2 Å². The Hall–Kier alpha value is -1.88. The number of benzene rings is 1. The predicted octanol–water partition coefficient (Wildman–Crippen LogP) is 3.59. The first kappa shape index (κ1) is 20.8. The summed E-state index contributed by atoms with van der Waals surface area (Å²) < 4.78 is 0. The van der Waals surface area contributed by atoms with Crippen molar-refractivity contribution in [2.75, 3.05) is 26.2 Å². The van der Waals surface area contributed by atoms with Gasteiger partial charge in [0.05, 0.1) is 12.0 Å². The number of aliphatic carboxylic acids is 1. The number of carboxylic acid groups (broad SMARTS) is 1. The lowest BCUT2D eigenvalue weighted by atomic mass is 9.68. The summed E-state index contributed by atoms with van der Waals surface area (Å²) in [6.45, 7) is 6.38. The molecule has 5 nitrogen and oxygen atoms in total. The number of amides is 1. The molecule has 1 heterocycles. The van der Waals surface area contributed by atoms with Gasteiger partial charge in [-0.2, -0.15) is 0 Å². The third-order valence-corrected chi connectivity index (χ3v) is 6.70. The smallest absolute Gasteiger partial charge is 0.317 e. The quantitative estimate of drug-likeness (QED) is 0.812. The van der Waals surface area contributed by atoms with Crippen molar-refractivity contribution in [3.63, 3.8) is 0 Å². The Morgan fingerprint density at radius 1 is 1.18 bits per heavy atom. The fraction of sp³-hybridized carbons (Fsp3) is 0.652. The van der Waals surface area contributed by atoms with Crippen LogP contribution in [0.3, 0.4) is 0 Å². The van der Waals surface area contributed by atoms with Crippen molar-refractivity contribution in [1.82, 2.24) is 9.80 Å². The van der Waals surface area contributed by atoms with Crippen molar-refractivity contribution in [3.8, 4) is 0 Å². The number of rotatable bonds is 6. The third kappa shape index (κ3) is 4.40. The molecule has 0 atom stereocenters. The summed E-state index contributed by atoms with van der Waals surface area (Å²) in [5.41, 5.74) is 2.02. The molecule has 154 valence electrons. The van der Waals surface area contributed by atoms with E-state index in [1.165, 1.54) is 17.5 Å². The van der Waals surface area contributed by atoms with E-state index in [0.29, 0.717) is 0 Å². The second-order valence-electron chi connectivity index (χ2n) is 8.49. The summed E-state index contributed by atoms with van der Waals surface area (Å²) in [4.78, 5) is 28.9. The first-order valence-electron chi connectivity index (χ1n) is 10.8. The lowest BCUT2D eigenvalue weighted by Gasteiger charge is -2.44. The van der Waals surface area contributed by atoms with Crippen molar-refractivity contribution in [2.45, 2.75) is 70.3 Å². The molecule has 1 aliphatic heterocycles. The average Bonchev–Trinajstić information content (AvgIpc) is 2.72. The molecule has 1 saturated carbocycles. The molecular formula is C23H34N2O3. The number of likely N-dealkylation sites (tertiary alicyclic amines) is 1. The van der Waals surface area contributed by atoms with E-state index in [4.69, 9.17) is 5.11 Å². The highest BCUT2D eigenvalue weighted by Gasteiger charge is 2.44. The fourth-order valence-electron chi connectivity index (χ4n) is 5.13. The predicted molar refractivity (Wildman–Crippen MR) is 110 cm³/mol. The average molecular weight is 387 g/mol. The summed E-state index contributed by atoms with van der Waals surface area (Å²) in [7, 11) is 0. The molecular weight excluding hydrogens is 352 g/mol. The standard InChI is InChI=1S/C23H34N2O3/c1-3-24(17-21(26)27)20-10-14-25(15-11-20)22(28)23(12-5-4-6-13-23)19-9-7-8-18(2)16-19/h7-9,16,20H,3-6,10-15,17H2,1-2H3,(H,26,27). The number of hydrogen-bond acceptors (Lipinski definition) is 3. The van der Waals surface area contributed by atoms with Crippen molar-refractivity contribution in [1.29, 1.82) is 0 Å². The Morgan fingerprint density at radius 2 is 1.86 bits per heavy atom. The third-order valence-electron chi connectivity index (χ3n) is 6.70. The first-order chi connectivity index (χ1) is 13.5. The second-order valence-corrected chi connectivity index (χ2v) is 8.49. The number of carbonyl (C=O) groups excluding carboxylic acids is 1. The molecule has 1 saturated heterocycles. The molecule has 28 heavy (non-hydrogen) atoms. The molecule has 2 aliphatic rings. The largest absolute Gasteiger partial charge is 0.480 e. The highest BCUT2D eigenvalue weighted by molar-refractivity contribution is 5.88. The Balaban J connectivity index is 1.74. The van der Waals surface area contributed by atoms with Gasteiger partial charge in [0.25, 0.3) is 0 Å². The maximum absolute atomic E-state index is 13.7. The Labute approximate surface area is 168 Å². The molecule has 0 radical (unpaired) electrons. The van der Waals surface area contributed by atoms with E-state index in [1.54, 1.807) is 0 Å². The van der Waals surface area contributed by atoms with E-state index in [2.05, 4.69) is 36.1 Å². The SMILES string of the molecule is CCN(CC(=O)O)C1CCN(C(=O)C2(c3cccc(C)c3)CCCCC2)CC1. The Bertz CT molecular complexity index is 689. The minimum atomic E-state index is -0.777. The molecule has 0 aromatic heterocycles. The van der Waals surface area contributed by atoms with Crippen LogP contribution in [0.25, 0.3) is 0 Å². The molecule has 1 aromatic rings. The molecule has 0 unspecified atom stereocenters. The molecule has 3 rings (SSSR count). The van der Waals surface area contributed by atoms with Gasteiger partial charge in [0.1, 0.15) is 0 Å². The van der Waals surface area contributed by atoms with Crippen molar-refractivity contribution in [2.24, 2.45) is 0 Å². The van der Waals surface area contributed by atoms with Gasteiger partial charge in [0, 0.05) is 19.1 Å². The van der Waals surface area contributed by atoms with Gasteiger partial charge in [-0.1, -0.05) is 56.0 Å². The number of likely N-dealkylation sites (N-methyl/N-ethyl adjacent to an activating group) is 1. The summed E-state index contributed by atoms with van der Waals surface area (Å²) in [6, 6.07) is 8.76. The van der Waals surface area contributed by atoms with Crippen LogP contribution in [0.15, 0.2) is 24.3 Å². The topological polar surface area (TPSA) is 60.9 Å². The second kappa shape index (κ2) is 9.08. The number of carboxylic acids is 1. The van der Waals surface area contributed by atoms with Gasteiger partial charge in [0.15, 0.2) is 0 Å².